The molecule has 2 aliphatic heterocycles. The van der Waals surface area contributed by atoms with Gasteiger partial charge in [-0.2, -0.15) is 0 Å². The Labute approximate surface area is 128 Å². The number of nitrogens with zero attached hydrogens (tertiary/aromatic N) is 4. The van der Waals surface area contributed by atoms with E-state index >= 15 is 0 Å². The van der Waals surface area contributed by atoms with Gasteiger partial charge in [0, 0.05) is 13.0 Å². The molecule has 1 N–H and O–H groups in total. The third kappa shape index (κ3) is 3.83. The van der Waals surface area contributed by atoms with Crippen molar-refractivity contribution in [2.75, 3.05) is 26.2 Å². The van der Waals surface area contributed by atoms with Crippen molar-refractivity contribution < 1.29 is 0 Å². The van der Waals surface area contributed by atoms with Gasteiger partial charge in [-0.15, -0.1) is 10.2 Å². The molecule has 3 heterocycles. The summed E-state index contributed by atoms with van der Waals surface area (Å²) in [5.74, 6) is 3.25. The van der Waals surface area contributed by atoms with Gasteiger partial charge in [0.05, 0.1) is 6.54 Å². The van der Waals surface area contributed by atoms with Crippen LogP contribution < -0.4 is 5.32 Å². The van der Waals surface area contributed by atoms with Crippen LogP contribution in [0.2, 0.25) is 0 Å². The summed E-state index contributed by atoms with van der Waals surface area (Å²) >= 11 is 0. The largest absolute Gasteiger partial charge is 0.316 e. The molecule has 0 unspecified atom stereocenters. The minimum absolute atomic E-state index is 0.861. The maximum Gasteiger partial charge on any atom is 0.147 e. The fraction of sp³-hybridized carbons (Fsp3) is 0.875. The van der Waals surface area contributed by atoms with Crippen LogP contribution in [0.5, 0.6) is 0 Å². The highest BCUT2D eigenvalue weighted by atomic mass is 15.3. The van der Waals surface area contributed by atoms with Crippen molar-refractivity contribution in [1.82, 2.24) is 25.0 Å². The standard InChI is InChI=1S/C16H29N5/c1-2-8-17-12-14-6-10-20(11-7-14)13-16-19-18-15-5-3-4-9-21(15)16/h14,17H,2-13H2,1H3. The van der Waals surface area contributed by atoms with Crippen LogP contribution in [0.15, 0.2) is 0 Å². The molecule has 21 heavy (non-hydrogen) atoms. The lowest BCUT2D eigenvalue weighted by molar-refractivity contribution is 0.169. The summed E-state index contributed by atoms with van der Waals surface area (Å²) in [4.78, 5) is 2.56. The van der Waals surface area contributed by atoms with Crippen LogP contribution in [0.4, 0.5) is 0 Å². The highest BCUT2D eigenvalue weighted by molar-refractivity contribution is 4.99. The molecule has 3 rings (SSSR count). The number of nitrogens with one attached hydrogen (secondary N) is 1. The lowest BCUT2D eigenvalue weighted by atomic mass is 9.97. The molecule has 0 atom stereocenters. The molecule has 0 amide bonds. The van der Waals surface area contributed by atoms with Gasteiger partial charge in [0.2, 0.25) is 0 Å². The van der Waals surface area contributed by atoms with Crippen molar-refractivity contribution >= 4 is 0 Å². The molecular weight excluding hydrogens is 262 g/mol. The van der Waals surface area contributed by atoms with E-state index in [4.69, 9.17) is 0 Å². The zero-order valence-corrected chi connectivity index (χ0v) is 13.4. The van der Waals surface area contributed by atoms with Crippen LogP contribution >= 0.6 is 0 Å². The maximum absolute atomic E-state index is 4.43. The fourth-order valence-electron chi connectivity index (χ4n) is 3.52. The smallest absolute Gasteiger partial charge is 0.147 e. The first-order valence-corrected chi connectivity index (χ1v) is 8.71. The third-order valence-electron chi connectivity index (χ3n) is 4.87. The van der Waals surface area contributed by atoms with E-state index in [1.807, 2.05) is 0 Å². The predicted octanol–water partition coefficient (Wildman–Crippen LogP) is 1.83. The van der Waals surface area contributed by atoms with Crippen molar-refractivity contribution in [3.05, 3.63) is 11.6 Å². The van der Waals surface area contributed by atoms with Crippen LogP contribution in [0.25, 0.3) is 0 Å². The molecular formula is C16H29N5. The highest BCUT2D eigenvalue weighted by Crippen LogP contribution is 2.20. The molecule has 5 nitrogen and oxygen atoms in total. The predicted molar refractivity (Wildman–Crippen MR) is 84.1 cm³/mol. The summed E-state index contributed by atoms with van der Waals surface area (Å²) in [5.41, 5.74) is 0. The fourth-order valence-corrected chi connectivity index (χ4v) is 3.52. The summed E-state index contributed by atoms with van der Waals surface area (Å²) < 4.78 is 2.36. The quantitative estimate of drug-likeness (QED) is 0.812. The van der Waals surface area contributed by atoms with Crippen molar-refractivity contribution in [3.63, 3.8) is 0 Å². The minimum atomic E-state index is 0.861. The van der Waals surface area contributed by atoms with Gasteiger partial charge in [0.15, 0.2) is 0 Å². The van der Waals surface area contributed by atoms with Crippen molar-refractivity contribution in [2.45, 2.75) is 58.5 Å². The van der Waals surface area contributed by atoms with E-state index in [2.05, 4.69) is 31.9 Å². The molecule has 1 saturated heterocycles. The maximum atomic E-state index is 4.43. The summed E-state index contributed by atoms with van der Waals surface area (Å²) in [6, 6.07) is 0. The Morgan fingerprint density at radius 1 is 1.14 bits per heavy atom. The summed E-state index contributed by atoms with van der Waals surface area (Å²) in [6.07, 6.45) is 7.53. The van der Waals surface area contributed by atoms with E-state index in [0.29, 0.717) is 0 Å². The monoisotopic (exact) mass is 291 g/mol. The molecule has 5 heteroatoms. The number of piperidine rings is 1. The Morgan fingerprint density at radius 2 is 2.00 bits per heavy atom. The normalized spacial score (nSPS) is 20.6. The average molecular weight is 291 g/mol. The Balaban J connectivity index is 1.46. The van der Waals surface area contributed by atoms with Gasteiger partial charge >= 0.3 is 0 Å². The number of aromatic nitrogens is 3. The minimum Gasteiger partial charge on any atom is -0.316 e. The van der Waals surface area contributed by atoms with E-state index in [9.17, 15) is 0 Å². The SMILES string of the molecule is CCCNCC1CCN(Cc2nnc3n2CCCC3)CC1. The summed E-state index contributed by atoms with van der Waals surface area (Å²) in [5, 5.41) is 12.4. The van der Waals surface area contributed by atoms with Crippen LogP contribution in [-0.4, -0.2) is 45.8 Å². The Hall–Kier alpha value is -0.940. The number of likely N-dealkylation sites (tertiary alicyclic amines) is 1. The molecule has 118 valence electrons. The molecule has 1 aromatic rings. The van der Waals surface area contributed by atoms with E-state index in [1.165, 1.54) is 63.4 Å². The molecule has 0 radical (unpaired) electrons. The highest BCUT2D eigenvalue weighted by Gasteiger charge is 2.22. The number of hydrogen-bond acceptors (Lipinski definition) is 4. The van der Waals surface area contributed by atoms with Crippen LogP contribution in [0.1, 0.15) is 50.7 Å². The number of fused-ring (bicyclic) bond motifs is 1. The van der Waals surface area contributed by atoms with Gasteiger partial charge in [0.25, 0.3) is 0 Å². The third-order valence-corrected chi connectivity index (χ3v) is 4.87. The zero-order valence-electron chi connectivity index (χ0n) is 13.4. The summed E-state index contributed by atoms with van der Waals surface area (Å²) in [7, 11) is 0. The lowest BCUT2D eigenvalue weighted by Crippen LogP contribution is -2.37. The molecule has 0 bridgehead atoms. The average Bonchev–Trinajstić information content (AvgIpc) is 2.93. The van der Waals surface area contributed by atoms with E-state index in [-0.39, 0.29) is 0 Å². The second-order valence-corrected chi connectivity index (χ2v) is 6.56. The Kier molecular flexibility index (Phi) is 5.25. The number of hydrogen-bond donors (Lipinski definition) is 1. The van der Waals surface area contributed by atoms with E-state index < -0.39 is 0 Å². The van der Waals surface area contributed by atoms with Crippen molar-refractivity contribution in [1.29, 1.82) is 0 Å². The second-order valence-electron chi connectivity index (χ2n) is 6.56. The van der Waals surface area contributed by atoms with Gasteiger partial charge < -0.3 is 9.88 Å². The van der Waals surface area contributed by atoms with Gasteiger partial charge in [-0.1, -0.05) is 6.92 Å². The number of rotatable bonds is 6. The van der Waals surface area contributed by atoms with Crippen LogP contribution in [0, 0.1) is 5.92 Å². The topological polar surface area (TPSA) is 46.0 Å². The van der Waals surface area contributed by atoms with E-state index in [0.717, 1.165) is 32.0 Å². The number of aryl methyl sites for hydroxylation is 1. The Bertz CT molecular complexity index is 434. The van der Waals surface area contributed by atoms with Gasteiger partial charge in [-0.25, -0.2) is 0 Å². The second kappa shape index (κ2) is 7.36. The molecule has 0 spiro atoms. The first-order valence-electron chi connectivity index (χ1n) is 8.71. The van der Waals surface area contributed by atoms with Crippen LogP contribution in [-0.2, 0) is 19.5 Å². The molecule has 0 aliphatic carbocycles. The summed E-state index contributed by atoms with van der Waals surface area (Å²) in [6.45, 7) is 9.11. The van der Waals surface area contributed by atoms with Gasteiger partial charge in [0.1, 0.15) is 11.6 Å². The van der Waals surface area contributed by atoms with E-state index in [1.54, 1.807) is 0 Å². The Morgan fingerprint density at radius 3 is 2.81 bits per heavy atom. The molecule has 2 aliphatic rings. The van der Waals surface area contributed by atoms with Crippen molar-refractivity contribution in [3.8, 4) is 0 Å². The molecule has 0 aromatic carbocycles. The first-order chi connectivity index (χ1) is 10.4. The molecule has 1 fully saturated rings. The first kappa shape index (κ1) is 15.0. The van der Waals surface area contributed by atoms with Gasteiger partial charge in [-0.05, 0) is 64.2 Å². The molecule has 0 saturated carbocycles. The molecule has 1 aromatic heterocycles. The zero-order chi connectivity index (χ0) is 14.5. The lowest BCUT2D eigenvalue weighted by Gasteiger charge is -2.32. The van der Waals surface area contributed by atoms with Crippen molar-refractivity contribution in [2.24, 2.45) is 5.92 Å². The van der Waals surface area contributed by atoms with Crippen LogP contribution in [0.3, 0.4) is 0 Å². The van der Waals surface area contributed by atoms with Gasteiger partial charge in [-0.3, -0.25) is 4.90 Å².